The third-order valence-corrected chi connectivity index (χ3v) is 7.36. The Morgan fingerprint density at radius 2 is 1.57 bits per heavy atom. The van der Waals surface area contributed by atoms with E-state index in [2.05, 4.69) is 15.6 Å². The van der Waals surface area contributed by atoms with E-state index < -0.39 is 0 Å². The van der Waals surface area contributed by atoms with Gasteiger partial charge in [0.2, 0.25) is 5.95 Å². The van der Waals surface area contributed by atoms with Gasteiger partial charge < -0.3 is 15.7 Å². The molecule has 180 valence electrons. The molecule has 0 aliphatic heterocycles. The van der Waals surface area contributed by atoms with Crippen molar-refractivity contribution in [3.63, 3.8) is 0 Å². The van der Waals surface area contributed by atoms with Gasteiger partial charge in [-0.1, -0.05) is 37.3 Å². The predicted octanol–water partition coefficient (Wildman–Crippen LogP) is 6.53. The lowest BCUT2D eigenvalue weighted by Gasteiger charge is -2.15. The van der Waals surface area contributed by atoms with Crippen LogP contribution in [0.25, 0.3) is 28.0 Å². The molecule has 0 atom stereocenters. The van der Waals surface area contributed by atoms with Gasteiger partial charge in [-0.05, 0) is 68.1 Å². The second kappa shape index (κ2) is 9.38. The van der Waals surface area contributed by atoms with Crippen LogP contribution in [0.2, 0.25) is 5.02 Å². The number of halogens is 1. The first kappa shape index (κ1) is 22.2. The van der Waals surface area contributed by atoms with Crippen LogP contribution in [0.15, 0.2) is 48.7 Å². The second-order valence-electron chi connectivity index (χ2n) is 9.64. The Hall–Kier alpha value is -3.32. The molecule has 0 bridgehead atoms. The fraction of sp³-hybridized carbons (Fsp3) is 0.370. The maximum absolute atomic E-state index is 9.86. The molecular formula is C27H29ClN6O. The van der Waals surface area contributed by atoms with Gasteiger partial charge in [-0.2, -0.15) is 5.10 Å². The standard InChI is InChI=1S/C27H29ClN6O/c28-18-15-23-25(22-13-14-29-27(32-22)31-20-7-3-4-8-20)26(17-9-11-21(35)12-10-17)33-34(23)24(16-18)30-19-5-1-2-6-19/h9-16,19-20,30,35H,1-8H2,(H,29,31,32). The van der Waals surface area contributed by atoms with Crippen molar-refractivity contribution >= 4 is 28.9 Å². The number of nitrogens with one attached hydrogen (secondary N) is 2. The zero-order valence-electron chi connectivity index (χ0n) is 19.5. The fourth-order valence-corrected chi connectivity index (χ4v) is 5.59. The maximum atomic E-state index is 9.86. The van der Waals surface area contributed by atoms with Gasteiger partial charge in [0.15, 0.2) is 0 Å². The third-order valence-electron chi connectivity index (χ3n) is 7.15. The Kier molecular flexibility index (Phi) is 5.94. The van der Waals surface area contributed by atoms with Crippen LogP contribution in [-0.4, -0.2) is 36.8 Å². The Morgan fingerprint density at radius 1 is 0.886 bits per heavy atom. The summed E-state index contributed by atoms with van der Waals surface area (Å²) in [5, 5.41) is 22.7. The van der Waals surface area contributed by atoms with Gasteiger partial charge >= 0.3 is 0 Å². The largest absolute Gasteiger partial charge is 0.508 e. The van der Waals surface area contributed by atoms with Crippen LogP contribution in [0.3, 0.4) is 0 Å². The molecule has 2 saturated carbocycles. The van der Waals surface area contributed by atoms with E-state index in [1.807, 2.05) is 34.8 Å². The number of nitrogens with zero attached hydrogens (tertiary/aromatic N) is 4. The molecule has 1 aromatic carbocycles. The maximum Gasteiger partial charge on any atom is 0.223 e. The molecule has 7 nitrogen and oxygen atoms in total. The van der Waals surface area contributed by atoms with Crippen molar-refractivity contribution in [2.24, 2.45) is 0 Å². The molecule has 4 aromatic rings. The van der Waals surface area contributed by atoms with E-state index in [0.717, 1.165) is 59.5 Å². The fourth-order valence-electron chi connectivity index (χ4n) is 5.39. The van der Waals surface area contributed by atoms with E-state index in [9.17, 15) is 5.11 Å². The lowest BCUT2D eigenvalue weighted by Crippen LogP contribution is -2.17. The van der Waals surface area contributed by atoms with Crippen molar-refractivity contribution in [3.05, 3.63) is 53.7 Å². The highest BCUT2D eigenvalue weighted by atomic mass is 35.5. The molecule has 2 aliphatic rings. The predicted molar refractivity (Wildman–Crippen MR) is 140 cm³/mol. The summed E-state index contributed by atoms with van der Waals surface area (Å²) in [6.07, 6.45) is 11.3. The molecule has 2 fully saturated rings. The number of benzene rings is 1. The van der Waals surface area contributed by atoms with E-state index in [1.165, 1.54) is 25.7 Å². The van der Waals surface area contributed by atoms with Crippen LogP contribution in [0, 0.1) is 0 Å². The summed E-state index contributed by atoms with van der Waals surface area (Å²) in [6.45, 7) is 0. The van der Waals surface area contributed by atoms with Crippen molar-refractivity contribution in [1.29, 1.82) is 0 Å². The number of hydrogen-bond acceptors (Lipinski definition) is 6. The van der Waals surface area contributed by atoms with Crippen molar-refractivity contribution in [3.8, 4) is 28.3 Å². The molecule has 3 aromatic heterocycles. The monoisotopic (exact) mass is 488 g/mol. The van der Waals surface area contributed by atoms with Gasteiger partial charge in [-0.15, -0.1) is 0 Å². The zero-order chi connectivity index (χ0) is 23.8. The number of rotatable bonds is 6. The van der Waals surface area contributed by atoms with Gasteiger partial charge in [-0.25, -0.2) is 14.5 Å². The van der Waals surface area contributed by atoms with Crippen LogP contribution in [-0.2, 0) is 0 Å². The minimum atomic E-state index is 0.218. The number of aromatic nitrogens is 4. The molecule has 0 amide bonds. The Balaban J connectivity index is 1.50. The third kappa shape index (κ3) is 4.52. The average Bonchev–Trinajstić information content (AvgIpc) is 3.61. The van der Waals surface area contributed by atoms with Crippen molar-refractivity contribution in [2.75, 3.05) is 10.6 Å². The molecule has 0 spiro atoms. The van der Waals surface area contributed by atoms with Gasteiger partial charge in [0, 0.05) is 28.9 Å². The summed E-state index contributed by atoms with van der Waals surface area (Å²) >= 11 is 6.63. The van der Waals surface area contributed by atoms with E-state index >= 15 is 0 Å². The minimum Gasteiger partial charge on any atom is -0.508 e. The molecule has 0 saturated heterocycles. The Morgan fingerprint density at radius 3 is 2.29 bits per heavy atom. The second-order valence-corrected chi connectivity index (χ2v) is 10.1. The molecule has 8 heteroatoms. The number of fused-ring (bicyclic) bond motifs is 1. The average molecular weight is 489 g/mol. The summed E-state index contributed by atoms with van der Waals surface area (Å²) in [4.78, 5) is 9.40. The molecule has 2 aliphatic carbocycles. The summed E-state index contributed by atoms with van der Waals surface area (Å²) in [6, 6.07) is 13.8. The van der Waals surface area contributed by atoms with E-state index in [0.29, 0.717) is 23.1 Å². The highest BCUT2D eigenvalue weighted by molar-refractivity contribution is 6.31. The Bertz CT molecular complexity index is 1340. The van der Waals surface area contributed by atoms with E-state index in [4.69, 9.17) is 21.7 Å². The molecule has 3 N–H and O–H groups in total. The number of phenols is 1. The summed E-state index contributed by atoms with van der Waals surface area (Å²) in [5.41, 5.74) is 4.24. The number of aromatic hydroxyl groups is 1. The first-order valence-electron chi connectivity index (χ1n) is 12.5. The molecule has 3 heterocycles. The molecular weight excluding hydrogens is 460 g/mol. The van der Waals surface area contributed by atoms with Crippen LogP contribution in [0.1, 0.15) is 51.4 Å². The van der Waals surface area contributed by atoms with E-state index in [1.54, 1.807) is 18.3 Å². The Labute approximate surface area is 209 Å². The van der Waals surface area contributed by atoms with Crippen LogP contribution in [0.5, 0.6) is 5.75 Å². The number of phenolic OH excluding ortho intramolecular Hbond substituents is 1. The number of pyridine rings is 1. The summed E-state index contributed by atoms with van der Waals surface area (Å²) in [5.74, 6) is 1.73. The number of anilines is 2. The summed E-state index contributed by atoms with van der Waals surface area (Å²) in [7, 11) is 0. The normalized spacial score (nSPS) is 16.8. The minimum absolute atomic E-state index is 0.218. The highest BCUT2D eigenvalue weighted by Crippen LogP contribution is 2.38. The van der Waals surface area contributed by atoms with Gasteiger partial charge in [-0.3, -0.25) is 0 Å². The number of hydrogen-bond donors (Lipinski definition) is 3. The smallest absolute Gasteiger partial charge is 0.223 e. The lowest BCUT2D eigenvalue weighted by atomic mass is 10.0. The van der Waals surface area contributed by atoms with Crippen molar-refractivity contribution in [1.82, 2.24) is 19.6 Å². The topological polar surface area (TPSA) is 87.4 Å². The molecule has 0 radical (unpaired) electrons. The zero-order valence-corrected chi connectivity index (χ0v) is 20.3. The molecule has 0 unspecified atom stereocenters. The van der Waals surface area contributed by atoms with Crippen molar-refractivity contribution < 1.29 is 5.11 Å². The summed E-state index contributed by atoms with van der Waals surface area (Å²) < 4.78 is 1.94. The SMILES string of the molecule is Oc1ccc(-c2nn3c(NC4CCCC4)cc(Cl)cc3c2-c2ccnc(NC3CCCC3)n2)cc1. The van der Waals surface area contributed by atoms with Crippen LogP contribution < -0.4 is 10.6 Å². The molecule has 35 heavy (non-hydrogen) atoms. The first-order valence-corrected chi connectivity index (χ1v) is 12.9. The lowest BCUT2D eigenvalue weighted by molar-refractivity contribution is 0.475. The van der Waals surface area contributed by atoms with Crippen LogP contribution in [0.4, 0.5) is 11.8 Å². The van der Waals surface area contributed by atoms with Gasteiger partial charge in [0.25, 0.3) is 0 Å². The van der Waals surface area contributed by atoms with Crippen molar-refractivity contribution in [2.45, 2.75) is 63.5 Å². The first-order chi connectivity index (χ1) is 17.1. The van der Waals surface area contributed by atoms with Gasteiger partial charge in [0.05, 0.1) is 16.8 Å². The van der Waals surface area contributed by atoms with E-state index in [-0.39, 0.29) is 5.75 Å². The molecule has 6 rings (SSSR count). The quantitative estimate of drug-likeness (QED) is 0.286. The van der Waals surface area contributed by atoms with Crippen LogP contribution >= 0.6 is 11.6 Å². The highest BCUT2D eigenvalue weighted by Gasteiger charge is 2.23. The van der Waals surface area contributed by atoms with Gasteiger partial charge in [0.1, 0.15) is 17.3 Å².